The zero-order valence-electron chi connectivity index (χ0n) is 7.42. The first-order valence-electron chi connectivity index (χ1n) is 4.61. The fraction of sp³-hybridized carbons (Fsp3) is 1.00. The van der Waals surface area contributed by atoms with Gasteiger partial charge in [-0.2, -0.15) is 0 Å². The molecule has 0 aromatic carbocycles. The van der Waals surface area contributed by atoms with Crippen LogP contribution in [0.3, 0.4) is 0 Å². The summed E-state index contributed by atoms with van der Waals surface area (Å²) in [6.07, 6.45) is 1.85. The van der Waals surface area contributed by atoms with Gasteiger partial charge in [-0.3, -0.25) is 0 Å². The van der Waals surface area contributed by atoms with Gasteiger partial charge in [0.25, 0.3) is 0 Å². The zero-order valence-corrected chi connectivity index (χ0v) is 7.42. The maximum absolute atomic E-state index is 5.71. The molecule has 0 amide bonds. The average molecular weight is 155 g/mol. The molecule has 0 aromatic rings. The Bertz CT molecular complexity index is 146. The Kier molecular flexibility index (Phi) is 1.90. The Morgan fingerprint density at radius 2 is 2.27 bits per heavy atom. The van der Waals surface area contributed by atoms with Crippen molar-refractivity contribution in [3.05, 3.63) is 0 Å². The lowest BCUT2D eigenvalue weighted by atomic mass is 9.91. The van der Waals surface area contributed by atoms with Gasteiger partial charge >= 0.3 is 0 Å². The van der Waals surface area contributed by atoms with Crippen LogP contribution in [0.1, 0.15) is 13.3 Å². The van der Waals surface area contributed by atoms with Gasteiger partial charge in [-0.15, -0.1) is 0 Å². The van der Waals surface area contributed by atoms with Crippen molar-refractivity contribution >= 4 is 0 Å². The fourth-order valence-electron chi connectivity index (χ4n) is 2.41. The van der Waals surface area contributed by atoms with Crippen LogP contribution in [0, 0.1) is 11.8 Å². The van der Waals surface area contributed by atoms with Crippen molar-refractivity contribution in [1.29, 1.82) is 0 Å². The number of hydrogen-bond donors (Lipinski definition) is 0. The van der Waals surface area contributed by atoms with E-state index in [1.165, 1.54) is 13.0 Å². The van der Waals surface area contributed by atoms with Crippen molar-refractivity contribution in [3.63, 3.8) is 0 Å². The van der Waals surface area contributed by atoms with Crippen molar-refractivity contribution in [2.24, 2.45) is 11.8 Å². The fourth-order valence-corrected chi connectivity index (χ4v) is 2.41. The summed E-state index contributed by atoms with van der Waals surface area (Å²) in [5.41, 5.74) is 0. The second-order valence-electron chi connectivity index (χ2n) is 3.93. The molecule has 2 heterocycles. The predicted octanol–water partition coefficient (Wildman–Crippen LogP) is 0.973. The minimum Gasteiger partial charge on any atom is -0.376 e. The van der Waals surface area contributed by atoms with E-state index in [-0.39, 0.29) is 0 Å². The smallest absolute Gasteiger partial charge is 0.0745 e. The first kappa shape index (κ1) is 7.56. The van der Waals surface area contributed by atoms with Gasteiger partial charge in [-0.1, -0.05) is 13.3 Å². The quantitative estimate of drug-likeness (QED) is 0.559. The highest BCUT2D eigenvalue weighted by Gasteiger charge is 2.41. The minimum absolute atomic E-state index is 0.560. The van der Waals surface area contributed by atoms with Crippen LogP contribution in [-0.2, 0) is 4.74 Å². The van der Waals surface area contributed by atoms with E-state index >= 15 is 0 Å². The molecule has 2 heteroatoms. The molecule has 2 aliphatic heterocycles. The van der Waals surface area contributed by atoms with Gasteiger partial charge in [0.05, 0.1) is 12.7 Å². The van der Waals surface area contributed by atoms with E-state index in [1.807, 2.05) is 0 Å². The van der Waals surface area contributed by atoms with Crippen molar-refractivity contribution in [2.45, 2.75) is 19.4 Å². The Hall–Kier alpha value is -0.0800. The van der Waals surface area contributed by atoms with Gasteiger partial charge in [0.15, 0.2) is 0 Å². The summed E-state index contributed by atoms with van der Waals surface area (Å²) in [7, 11) is 2.19. The lowest BCUT2D eigenvalue weighted by Crippen LogP contribution is -2.19. The molecule has 11 heavy (non-hydrogen) atoms. The molecule has 2 fully saturated rings. The van der Waals surface area contributed by atoms with E-state index < -0.39 is 0 Å². The molecule has 0 aliphatic carbocycles. The Morgan fingerprint density at radius 1 is 1.45 bits per heavy atom. The molecule has 2 aliphatic rings. The zero-order chi connectivity index (χ0) is 7.84. The molecule has 2 rings (SSSR count). The van der Waals surface area contributed by atoms with Crippen molar-refractivity contribution in [1.82, 2.24) is 4.90 Å². The van der Waals surface area contributed by atoms with E-state index in [4.69, 9.17) is 4.74 Å². The third-order valence-corrected chi connectivity index (χ3v) is 3.15. The maximum atomic E-state index is 5.71. The summed E-state index contributed by atoms with van der Waals surface area (Å²) in [4.78, 5) is 2.39. The first-order chi connectivity index (χ1) is 5.31. The number of nitrogens with zero attached hydrogens (tertiary/aromatic N) is 1. The molecule has 2 nitrogen and oxygen atoms in total. The molecule has 3 atom stereocenters. The van der Waals surface area contributed by atoms with Gasteiger partial charge in [0, 0.05) is 19.0 Å². The third-order valence-electron chi connectivity index (χ3n) is 3.15. The van der Waals surface area contributed by atoms with Crippen LogP contribution in [-0.4, -0.2) is 37.7 Å². The number of likely N-dealkylation sites (N-methyl/N-ethyl adjacent to an activating group) is 1. The van der Waals surface area contributed by atoms with E-state index in [9.17, 15) is 0 Å². The van der Waals surface area contributed by atoms with Crippen molar-refractivity contribution in [3.8, 4) is 0 Å². The largest absolute Gasteiger partial charge is 0.376 e. The standard InChI is InChI=1S/C9H17NO/c1-3-7-6-11-9-5-10(2)4-8(7)9/h7-9H,3-6H2,1-2H3/t7?,8-,9-/m1/s1. The summed E-state index contributed by atoms with van der Waals surface area (Å²) >= 11 is 0. The second kappa shape index (κ2) is 2.76. The molecular formula is C9H17NO. The van der Waals surface area contributed by atoms with Gasteiger partial charge in [0.1, 0.15) is 0 Å². The summed E-state index contributed by atoms with van der Waals surface area (Å²) < 4.78 is 5.71. The van der Waals surface area contributed by atoms with Crippen molar-refractivity contribution < 1.29 is 4.74 Å². The number of fused-ring (bicyclic) bond motifs is 1. The van der Waals surface area contributed by atoms with E-state index in [1.54, 1.807) is 0 Å². The number of hydrogen-bond acceptors (Lipinski definition) is 2. The molecule has 0 aromatic heterocycles. The van der Waals surface area contributed by atoms with Crippen LogP contribution in [0.25, 0.3) is 0 Å². The molecule has 0 radical (unpaired) electrons. The molecule has 0 saturated carbocycles. The summed E-state index contributed by atoms with van der Waals surface area (Å²) in [6, 6.07) is 0. The van der Waals surface area contributed by atoms with Gasteiger partial charge in [-0.05, 0) is 13.0 Å². The second-order valence-corrected chi connectivity index (χ2v) is 3.93. The Morgan fingerprint density at radius 3 is 3.00 bits per heavy atom. The summed E-state index contributed by atoms with van der Waals surface area (Å²) in [6.45, 7) is 5.69. The molecule has 0 N–H and O–H groups in total. The van der Waals surface area contributed by atoms with Gasteiger partial charge < -0.3 is 9.64 Å². The lowest BCUT2D eigenvalue weighted by Gasteiger charge is -2.13. The van der Waals surface area contributed by atoms with Crippen LogP contribution in [0.2, 0.25) is 0 Å². The highest BCUT2D eigenvalue weighted by molar-refractivity contribution is 4.91. The van der Waals surface area contributed by atoms with Crippen LogP contribution < -0.4 is 0 Å². The lowest BCUT2D eigenvalue weighted by molar-refractivity contribution is 0.0984. The molecular weight excluding hydrogens is 138 g/mol. The molecule has 2 saturated heterocycles. The maximum Gasteiger partial charge on any atom is 0.0745 e. The first-order valence-corrected chi connectivity index (χ1v) is 4.61. The average Bonchev–Trinajstić information content (AvgIpc) is 2.45. The number of likely N-dealkylation sites (tertiary alicyclic amines) is 1. The van der Waals surface area contributed by atoms with Crippen LogP contribution in [0.4, 0.5) is 0 Å². The highest BCUT2D eigenvalue weighted by atomic mass is 16.5. The van der Waals surface area contributed by atoms with Crippen LogP contribution in [0.15, 0.2) is 0 Å². The van der Waals surface area contributed by atoms with E-state index in [0.29, 0.717) is 6.10 Å². The normalized spacial score (nSPS) is 44.7. The molecule has 0 bridgehead atoms. The molecule has 64 valence electrons. The summed E-state index contributed by atoms with van der Waals surface area (Å²) in [5, 5.41) is 0. The van der Waals surface area contributed by atoms with Crippen LogP contribution in [0.5, 0.6) is 0 Å². The van der Waals surface area contributed by atoms with Gasteiger partial charge in [-0.25, -0.2) is 0 Å². The number of ether oxygens (including phenoxy) is 1. The highest BCUT2D eigenvalue weighted by Crippen LogP contribution is 2.34. The van der Waals surface area contributed by atoms with Crippen molar-refractivity contribution in [2.75, 3.05) is 26.7 Å². The van der Waals surface area contributed by atoms with E-state index in [0.717, 1.165) is 25.0 Å². The molecule has 0 spiro atoms. The van der Waals surface area contributed by atoms with E-state index in [2.05, 4.69) is 18.9 Å². The minimum atomic E-state index is 0.560. The predicted molar refractivity (Wildman–Crippen MR) is 44.5 cm³/mol. The topological polar surface area (TPSA) is 12.5 Å². The Balaban J connectivity index is 2.01. The van der Waals surface area contributed by atoms with Gasteiger partial charge in [0.2, 0.25) is 0 Å². The van der Waals surface area contributed by atoms with Crippen LogP contribution >= 0.6 is 0 Å². The Labute approximate surface area is 68.5 Å². The number of rotatable bonds is 1. The summed E-state index contributed by atoms with van der Waals surface area (Å²) in [5.74, 6) is 1.68. The monoisotopic (exact) mass is 155 g/mol. The third kappa shape index (κ3) is 1.18. The SMILES string of the molecule is CCC1CO[C@@H]2CN(C)C[C@H]12. The molecule has 1 unspecified atom stereocenters.